The Kier molecular flexibility index (Phi) is 4.88. The number of aryl methyl sites for hydroxylation is 3. The van der Waals surface area contributed by atoms with Gasteiger partial charge in [0.2, 0.25) is 11.8 Å². The van der Waals surface area contributed by atoms with Crippen LogP contribution >= 0.6 is 0 Å². The van der Waals surface area contributed by atoms with Gasteiger partial charge in [-0.2, -0.15) is 0 Å². The summed E-state index contributed by atoms with van der Waals surface area (Å²) in [6, 6.07) is 14.0. The minimum atomic E-state index is -0.223. The SMILES string of the molecule is Cc1ccc(CNC(=O)C2CC2C(=O)Nc2cc(C)cc(C)c2)cc1. The molecular weight excluding hydrogens is 312 g/mol. The van der Waals surface area contributed by atoms with Crippen LogP contribution in [0.25, 0.3) is 0 Å². The molecule has 2 N–H and O–H groups in total. The summed E-state index contributed by atoms with van der Waals surface area (Å²) in [5.74, 6) is -0.545. The van der Waals surface area contributed by atoms with Crippen LogP contribution in [0.15, 0.2) is 42.5 Å². The van der Waals surface area contributed by atoms with Crippen molar-refractivity contribution in [3.63, 3.8) is 0 Å². The Hall–Kier alpha value is -2.62. The molecule has 3 rings (SSSR count). The van der Waals surface area contributed by atoms with Gasteiger partial charge in [-0.25, -0.2) is 0 Å². The molecule has 2 aromatic carbocycles. The van der Waals surface area contributed by atoms with Gasteiger partial charge in [-0.1, -0.05) is 35.9 Å². The maximum atomic E-state index is 12.3. The van der Waals surface area contributed by atoms with E-state index in [4.69, 9.17) is 0 Å². The summed E-state index contributed by atoms with van der Waals surface area (Å²) in [5.41, 5.74) is 5.28. The average molecular weight is 336 g/mol. The van der Waals surface area contributed by atoms with Crippen LogP contribution in [0.1, 0.15) is 28.7 Å². The zero-order valence-corrected chi connectivity index (χ0v) is 14.9. The number of rotatable bonds is 5. The highest BCUT2D eigenvalue weighted by Crippen LogP contribution is 2.39. The number of carbonyl (C=O) groups is 2. The first-order chi connectivity index (χ1) is 11.9. The predicted molar refractivity (Wildman–Crippen MR) is 99.2 cm³/mol. The summed E-state index contributed by atoms with van der Waals surface area (Å²) >= 11 is 0. The van der Waals surface area contributed by atoms with Crippen molar-refractivity contribution in [2.24, 2.45) is 11.8 Å². The van der Waals surface area contributed by atoms with Crippen LogP contribution < -0.4 is 10.6 Å². The van der Waals surface area contributed by atoms with Crippen LogP contribution in [0, 0.1) is 32.6 Å². The van der Waals surface area contributed by atoms with E-state index in [1.54, 1.807) is 0 Å². The third-order valence-electron chi connectivity index (χ3n) is 4.54. The van der Waals surface area contributed by atoms with Crippen molar-refractivity contribution in [3.05, 3.63) is 64.7 Å². The molecule has 4 heteroatoms. The van der Waals surface area contributed by atoms with E-state index in [0.29, 0.717) is 13.0 Å². The van der Waals surface area contributed by atoms with E-state index in [1.807, 2.05) is 57.2 Å². The Balaban J connectivity index is 1.50. The fourth-order valence-electron chi connectivity index (χ4n) is 3.08. The molecule has 0 aliphatic heterocycles. The van der Waals surface area contributed by atoms with Crippen LogP contribution in [0.4, 0.5) is 5.69 Å². The van der Waals surface area contributed by atoms with Gasteiger partial charge in [-0.15, -0.1) is 0 Å². The van der Waals surface area contributed by atoms with Crippen molar-refractivity contribution in [2.45, 2.75) is 33.7 Å². The average Bonchev–Trinajstić information content (AvgIpc) is 3.34. The third kappa shape index (κ3) is 4.47. The van der Waals surface area contributed by atoms with Gasteiger partial charge < -0.3 is 10.6 Å². The van der Waals surface area contributed by atoms with Crippen molar-refractivity contribution < 1.29 is 9.59 Å². The van der Waals surface area contributed by atoms with Gasteiger partial charge in [0.25, 0.3) is 0 Å². The number of benzene rings is 2. The molecule has 0 bridgehead atoms. The first-order valence-corrected chi connectivity index (χ1v) is 8.65. The van der Waals surface area contributed by atoms with Gasteiger partial charge >= 0.3 is 0 Å². The quantitative estimate of drug-likeness (QED) is 0.878. The van der Waals surface area contributed by atoms with Crippen molar-refractivity contribution in [1.82, 2.24) is 5.32 Å². The van der Waals surface area contributed by atoms with Gasteiger partial charge in [0.1, 0.15) is 0 Å². The van der Waals surface area contributed by atoms with E-state index in [-0.39, 0.29) is 23.7 Å². The lowest BCUT2D eigenvalue weighted by Gasteiger charge is -2.08. The molecule has 0 radical (unpaired) electrons. The molecule has 0 heterocycles. The minimum absolute atomic E-state index is 0.0406. The fourth-order valence-corrected chi connectivity index (χ4v) is 3.08. The van der Waals surface area contributed by atoms with E-state index in [2.05, 4.69) is 16.7 Å². The number of anilines is 1. The molecule has 2 amide bonds. The molecule has 0 saturated heterocycles. The Labute approximate surface area is 148 Å². The number of hydrogen-bond donors (Lipinski definition) is 2. The second-order valence-electron chi connectivity index (χ2n) is 7.02. The summed E-state index contributed by atoms with van der Waals surface area (Å²) in [6.07, 6.45) is 0.621. The van der Waals surface area contributed by atoms with Gasteiger partial charge in [0, 0.05) is 12.2 Å². The summed E-state index contributed by atoms with van der Waals surface area (Å²) in [7, 11) is 0. The van der Waals surface area contributed by atoms with E-state index in [9.17, 15) is 9.59 Å². The van der Waals surface area contributed by atoms with E-state index < -0.39 is 0 Å². The third-order valence-corrected chi connectivity index (χ3v) is 4.54. The molecule has 1 aliphatic rings. The van der Waals surface area contributed by atoms with E-state index in [0.717, 1.165) is 22.4 Å². The Morgan fingerprint density at radius 1 is 0.880 bits per heavy atom. The van der Waals surface area contributed by atoms with Crippen molar-refractivity contribution in [3.8, 4) is 0 Å². The Bertz CT molecular complexity index is 776. The van der Waals surface area contributed by atoms with Crippen LogP contribution in [0.2, 0.25) is 0 Å². The van der Waals surface area contributed by atoms with Gasteiger partial charge in [-0.3, -0.25) is 9.59 Å². The lowest BCUT2D eigenvalue weighted by atomic mass is 10.1. The molecule has 130 valence electrons. The zero-order chi connectivity index (χ0) is 18.0. The van der Waals surface area contributed by atoms with Gasteiger partial charge in [-0.05, 0) is 56.0 Å². The number of nitrogens with one attached hydrogen (secondary N) is 2. The molecular formula is C21H24N2O2. The minimum Gasteiger partial charge on any atom is -0.352 e. The molecule has 25 heavy (non-hydrogen) atoms. The Morgan fingerprint density at radius 2 is 1.48 bits per heavy atom. The standard InChI is InChI=1S/C21H24N2O2/c1-13-4-6-16(7-5-13)12-22-20(24)18-11-19(18)21(25)23-17-9-14(2)8-15(3)10-17/h4-10,18-19H,11-12H2,1-3H3,(H,22,24)(H,23,25). The first kappa shape index (κ1) is 17.2. The molecule has 1 saturated carbocycles. The topological polar surface area (TPSA) is 58.2 Å². The molecule has 0 spiro atoms. The lowest BCUT2D eigenvalue weighted by Crippen LogP contribution is -2.27. The monoisotopic (exact) mass is 336 g/mol. The van der Waals surface area contributed by atoms with Crippen molar-refractivity contribution in [2.75, 3.05) is 5.32 Å². The highest BCUT2D eigenvalue weighted by atomic mass is 16.2. The second-order valence-corrected chi connectivity index (χ2v) is 7.02. The van der Waals surface area contributed by atoms with Crippen molar-refractivity contribution >= 4 is 17.5 Å². The zero-order valence-electron chi connectivity index (χ0n) is 14.9. The maximum absolute atomic E-state index is 12.3. The fraction of sp³-hybridized carbons (Fsp3) is 0.333. The van der Waals surface area contributed by atoms with Crippen molar-refractivity contribution in [1.29, 1.82) is 0 Å². The van der Waals surface area contributed by atoms with E-state index >= 15 is 0 Å². The summed E-state index contributed by atoms with van der Waals surface area (Å²) in [5, 5.41) is 5.86. The van der Waals surface area contributed by atoms with Crippen LogP contribution in [-0.4, -0.2) is 11.8 Å². The molecule has 0 aromatic heterocycles. The number of amides is 2. The van der Waals surface area contributed by atoms with E-state index in [1.165, 1.54) is 5.56 Å². The first-order valence-electron chi connectivity index (χ1n) is 8.65. The second kappa shape index (κ2) is 7.09. The largest absolute Gasteiger partial charge is 0.352 e. The molecule has 1 fully saturated rings. The predicted octanol–water partition coefficient (Wildman–Crippen LogP) is 3.50. The summed E-state index contributed by atoms with van der Waals surface area (Å²) < 4.78 is 0. The van der Waals surface area contributed by atoms with Gasteiger partial charge in [0.15, 0.2) is 0 Å². The molecule has 2 aromatic rings. The van der Waals surface area contributed by atoms with Crippen LogP contribution in [-0.2, 0) is 16.1 Å². The highest BCUT2D eigenvalue weighted by Gasteiger charge is 2.47. The van der Waals surface area contributed by atoms with Crippen LogP contribution in [0.5, 0.6) is 0 Å². The maximum Gasteiger partial charge on any atom is 0.228 e. The molecule has 2 unspecified atom stereocenters. The highest BCUT2D eigenvalue weighted by molar-refractivity contribution is 5.99. The Morgan fingerprint density at radius 3 is 2.12 bits per heavy atom. The number of hydrogen-bond acceptors (Lipinski definition) is 2. The summed E-state index contributed by atoms with van der Waals surface area (Å²) in [4.78, 5) is 24.6. The molecule has 1 aliphatic carbocycles. The normalized spacial score (nSPS) is 18.5. The molecule has 4 nitrogen and oxygen atoms in total. The smallest absolute Gasteiger partial charge is 0.228 e. The molecule has 2 atom stereocenters. The van der Waals surface area contributed by atoms with Crippen LogP contribution in [0.3, 0.4) is 0 Å². The summed E-state index contributed by atoms with van der Waals surface area (Å²) in [6.45, 7) is 6.54. The lowest BCUT2D eigenvalue weighted by molar-refractivity contribution is -0.125. The number of carbonyl (C=O) groups excluding carboxylic acids is 2. The van der Waals surface area contributed by atoms with Gasteiger partial charge in [0.05, 0.1) is 11.8 Å².